The second-order valence-electron chi connectivity index (χ2n) is 8.88. The van der Waals surface area contributed by atoms with E-state index in [9.17, 15) is 29.4 Å². The lowest BCUT2D eigenvalue weighted by Gasteiger charge is -2.44. The van der Waals surface area contributed by atoms with Gasteiger partial charge in [-0.3, -0.25) is 19.2 Å². The van der Waals surface area contributed by atoms with E-state index in [1.165, 1.54) is 18.2 Å². The highest BCUT2D eigenvalue weighted by molar-refractivity contribution is 5.87. The van der Waals surface area contributed by atoms with Crippen LogP contribution in [0.1, 0.15) is 51.5 Å². The molecule has 0 bridgehead atoms. The molecular formula is C27H30O13. The quantitative estimate of drug-likeness (QED) is 0.242. The molecule has 3 rings (SSSR count). The molecule has 2 aromatic rings. The van der Waals surface area contributed by atoms with Crippen LogP contribution in [0.15, 0.2) is 22.6 Å². The lowest BCUT2D eigenvalue weighted by atomic mass is 9.98. The van der Waals surface area contributed by atoms with E-state index in [2.05, 4.69) is 5.92 Å². The molecule has 0 aliphatic carbocycles. The van der Waals surface area contributed by atoms with Gasteiger partial charge in [0.05, 0.1) is 11.5 Å². The van der Waals surface area contributed by atoms with Gasteiger partial charge in [0.25, 0.3) is 0 Å². The molecule has 2 heterocycles. The van der Waals surface area contributed by atoms with Gasteiger partial charge in [-0.15, -0.1) is 12.3 Å². The summed E-state index contributed by atoms with van der Waals surface area (Å²) in [5, 5.41) is 20.4. The second-order valence-corrected chi connectivity index (χ2v) is 8.88. The summed E-state index contributed by atoms with van der Waals surface area (Å²) in [6.07, 6.45) is -2.67. The number of carbonyl (C=O) groups excluding carboxylic acids is 4. The fraction of sp³-hybridized carbons (Fsp3) is 0.481. The molecule has 2 N–H and O–H groups in total. The number of rotatable bonds is 10. The van der Waals surface area contributed by atoms with E-state index in [1.807, 2.05) is 0 Å². The Bertz CT molecular complexity index is 1290. The summed E-state index contributed by atoms with van der Waals surface area (Å²) >= 11 is 0. The zero-order valence-electron chi connectivity index (χ0n) is 22.3. The standard InChI is InChI=1S/C27H30O13/c1-6-7-20(33)18-8-9-21(19-10-17(11-28)38-23(18)19)39-27-26(37-16(5)32)25(36-15(4)31)24(35-14(3)30)22(40-27)12-34-13(2)29/h1,8-10,20,22,24-28,33H,7,11-12H2,2-5H3/t20?,22-,24+,25+,26-,27-/m1/s1. The van der Waals surface area contributed by atoms with E-state index in [0.717, 1.165) is 27.7 Å². The van der Waals surface area contributed by atoms with Gasteiger partial charge in [-0.1, -0.05) is 0 Å². The summed E-state index contributed by atoms with van der Waals surface area (Å²) in [4.78, 5) is 47.5. The zero-order chi connectivity index (χ0) is 29.6. The third-order valence-electron chi connectivity index (χ3n) is 5.74. The first-order valence-electron chi connectivity index (χ1n) is 12.2. The maximum absolute atomic E-state index is 12.1. The van der Waals surface area contributed by atoms with Crippen molar-refractivity contribution in [2.75, 3.05) is 6.61 Å². The zero-order valence-corrected chi connectivity index (χ0v) is 22.3. The van der Waals surface area contributed by atoms with E-state index in [4.69, 9.17) is 39.3 Å². The van der Waals surface area contributed by atoms with Crippen molar-refractivity contribution >= 4 is 34.8 Å². The molecule has 0 amide bonds. The number of benzene rings is 1. The van der Waals surface area contributed by atoms with Crippen LogP contribution in [-0.4, -0.2) is 71.4 Å². The Hall–Kier alpha value is -4.12. The molecule has 0 spiro atoms. The van der Waals surface area contributed by atoms with Gasteiger partial charge in [-0.25, -0.2) is 0 Å². The van der Waals surface area contributed by atoms with Crippen LogP contribution in [0.25, 0.3) is 11.0 Å². The minimum Gasteiger partial charge on any atom is -0.463 e. The van der Waals surface area contributed by atoms with Crippen LogP contribution in [0, 0.1) is 12.3 Å². The fourth-order valence-electron chi connectivity index (χ4n) is 4.24. The van der Waals surface area contributed by atoms with Gasteiger partial charge >= 0.3 is 23.9 Å². The Kier molecular flexibility index (Phi) is 10.1. The number of aliphatic hydroxyl groups is 2. The van der Waals surface area contributed by atoms with E-state index < -0.39 is 73.9 Å². The van der Waals surface area contributed by atoms with Crippen molar-refractivity contribution in [3.63, 3.8) is 0 Å². The minimum absolute atomic E-state index is 0.00977. The molecule has 0 radical (unpaired) electrons. The number of hydrogen-bond acceptors (Lipinski definition) is 13. The molecule has 13 heteroatoms. The smallest absolute Gasteiger partial charge is 0.303 e. The molecule has 1 fully saturated rings. The topological polar surface area (TPSA) is 177 Å². The van der Waals surface area contributed by atoms with Gasteiger partial charge in [0.15, 0.2) is 12.2 Å². The predicted octanol–water partition coefficient (Wildman–Crippen LogP) is 1.44. The number of esters is 4. The van der Waals surface area contributed by atoms with Gasteiger partial charge in [0.2, 0.25) is 12.4 Å². The summed E-state index contributed by atoms with van der Waals surface area (Å²) in [6, 6.07) is 4.44. The van der Waals surface area contributed by atoms with Crippen molar-refractivity contribution in [1.82, 2.24) is 0 Å². The van der Waals surface area contributed by atoms with E-state index >= 15 is 0 Å². The summed E-state index contributed by atoms with van der Waals surface area (Å²) in [6.45, 7) is 3.60. The van der Waals surface area contributed by atoms with Crippen LogP contribution in [-0.2, 0) is 49.5 Å². The molecule has 1 aliphatic heterocycles. The number of furan rings is 1. The summed E-state index contributed by atoms with van der Waals surface area (Å²) < 4.78 is 39.0. The van der Waals surface area contributed by atoms with Crippen LogP contribution >= 0.6 is 0 Å². The lowest BCUT2D eigenvalue weighted by Crippen LogP contribution is -2.63. The number of terminal acetylenes is 1. The Morgan fingerprint density at radius 3 is 2.17 bits per heavy atom. The molecule has 0 saturated carbocycles. The SMILES string of the molecule is C#CCC(O)c1ccc(O[C@@H]2O[C@H](COC(C)=O)[C@H](OC(C)=O)[C@H](OC(C)=O)[C@H]2OC(C)=O)c2cc(CO)oc12. The molecular weight excluding hydrogens is 532 g/mol. The average molecular weight is 563 g/mol. The first-order valence-corrected chi connectivity index (χ1v) is 12.2. The van der Waals surface area contributed by atoms with Gasteiger partial charge in [-0.2, -0.15) is 0 Å². The molecule has 1 aliphatic rings. The Labute approximate surface area is 229 Å². The highest BCUT2D eigenvalue weighted by Crippen LogP contribution is 2.38. The maximum Gasteiger partial charge on any atom is 0.303 e. The van der Waals surface area contributed by atoms with Crippen molar-refractivity contribution in [2.24, 2.45) is 0 Å². The third kappa shape index (κ3) is 7.29. The van der Waals surface area contributed by atoms with Crippen LogP contribution in [0.3, 0.4) is 0 Å². The molecule has 1 aromatic carbocycles. The van der Waals surface area contributed by atoms with Crippen LogP contribution < -0.4 is 4.74 Å². The number of aliphatic hydroxyl groups excluding tert-OH is 2. The maximum atomic E-state index is 12.1. The average Bonchev–Trinajstić information content (AvgIpc) is 3.31. The molecule has 40 heavy (non-hydrogen) atoms. The highest BCUT2D eigenvalue weighted by Gasteiger charge is 2.53. The summed E-state index contributed by atoms with van der Waals surface area (Å²) in [7, 11) is 0. The first-order chi connectivity index (χ1) is 18.9. The van der Waals surface area contributed by atoms with Crippen molar-refractivity contribution in [2.45, 2.75) is 77.5 Å². The van der Waals surface area contributed by atoms with E-state index in [1.54, 1.807) is 0 Å². The Morgan fingerprint density at radius 2 is 1.60 bits per heavy atom. The molecule has 1 unspecified atom stereocenters. The van der Waals surface area contributed by atoms with Crippen LogP contribution in [0.4, 0.5) is 0 Å². The molecule has 1 aromatic heterocycles. The molecule has 1 saturated heterocycles. The molecule has 6 atom stereocenters. The largest absolute Gasteiger partial charge is 0.463 e. The predicted molar refractivity (Wildman–Crippen MR) is 133 cm³/mol. The van der Waals surface area contributed by atoms with Gasteiger partial charge in [0, 0.05) is 39.7 Å². The summed E-state index contributed by atoms with van der Waals surface area (Å²) in [5.74, 6) is -0.378. The van der Waals surface area contributed by atoms with E-state index in [-0.39, 0.29) is 23.5 Å². The first kappa shape index (κ1) is 30.4. The number of carbonyl (C=O) groups is 4. The highest BCUT2D eigenvalue weighted by atomic mass is 16.7. The normalized spacial score (nSPS) is 23.0. The molecule has 13 nitrogen and oxygen atoms in total. The van der Waals surface area contributed by atoms with E-state index in [0.29, 0.717) is 10.9 Å². The van der Waals surface area contributed by atoms with Gasteiger partial charge in [0.1, 0.15) is 36.4 Å². The lowest BCUT2D eigenvalue weighted by molar-refractivity contribution is -0.288. The van der Waals surface area contributed by atoms with Crippen molar-refractivity contribution in [3.05, 3.63) is 29.5 Å². The second kappa shape index (κ2) is 13.3. The Balaban J connectivity index is 2.10. The number of hydrogen-bond donors (Lipinski definition) is 2. The monoisotopic (exact) mass is 562 g/mol. The van der Waals surface area contributed by atoms with Gasteiger partial charge in [-0.05, 0) is 18.2 Å². The third-order valence-corrected chi connectivity index (χ3v) is 5.74. The number of fused-ring (bicyclic) bond motifs is 1. The van der Waals surface area contributed by atoms with Crippen molar-refractivity contribution < 1.29 is 62.2 Å². The number of ether oxygens (including phenoxy) is 6. The van der Waals surface area contributed by atoms with Crippen molar-refractivity contribution in [3.8, 4) is 18.1 Å². The summed E-state index contributed by atoms with van der Waals surface area (Å²) in [5.41, 5.74) is 0.511. The van der Waals surface area contributed by atoms with Gasteiger partial charge < -0.3 is 43.1 Å². The molecule has 216 valence electrons. The van der Waals surface area contributed by atoms with Crippen molar-refractivity contribution in [1.29, 1.82) is 0 Å². The van der Waals surface area contributed by atoms with Crippen LogP contribution in [0.2, 0.25) is 0 Å². The Morgan fingerprint density at radius 1 is 0.975 bits per heavy atom. The van der Waals surface area contributed by atoms with Crippen LogP contribution in [0.5, 0.6) is 5.75 Å². The fourth-order valence-corrected chi connectivity index (χ4v) is 4.24. The minimum atomic E-state index is -1.49.